The van der Waals surface area contributed by atoms with E-state index in [1.54, 1.807) is 23.0 Å². The van der Waals surface area contributed by atoms with Crippen molar-refractivity contribution in [3.63, 3.8) is 0 Å². The topological polar surface area (TPSA) is 67.2 Å². The SMILES string of the molecule is O=C(Cc1ccc(-n2cccn2)cc1)NCC(O)c1ccccc1F. The van der Waals surface area contributed by atoms with E-state index in [-0.39, 0.29) is 24.4 Å². The van der Waals surface area contributed by atoms with Gasteiger partial charge in [0.1, 0.15) is 5.82 Å². The summed E-state index contributed by atoms with van der Waals surface area (Å²) in [6.07, 6.45) is 2.64. The molecule has 2 N–H and O–H groups in total. The Morgan fingerprint density at radius 2 is 1.92 bits per heavy atom. The summed E-state index contributed by atoms with van der Waals surface area (Å²) in [5, 5.41) is 16.8. The van der Waals surface area contributed by atoms with Gasteiger partial charge in [0.2, 0.25) is 5.91 Å². The first-order chi connectivity index (χ1) is 12.1. The molecule has 1 heterocycles. The normalized spacial score (nSPS) is 11.9. The molecule has 0 radical (unpaired) electrons. The molecule has 0 fully saturated rings. The zero-order valence-corrected chi connectivity index (χ0v) is 13.5. The van der Waals surface area contributed by atoms with Crippen LogP contribution in [0.15, 0.2) is 67.0 Å². The monoisotopic (exact) mass is 339 g/mol. The lowest BCUT2D eigenvalue weighted by molar-refractivity contribution is -0.120. The first kappa shape index (κ1) is 16.9. The Morgan fingerprint density at radius 1 is 1.16 bits per heavy atom. The van der Waals surface area contributed by atoms with Crippen molar-refractivity contribution >= 4 is 5.91 Å². The Balaban J connectivity index is 1.53. The summed E-state index contributed by atoms with van der Waals surface area (Å²) in [5.74, 6) is -0.722. The Bertz CT molecular complexity index is 832. The van der Waals surface area contributed by atoms with Gasteiger partial charge in [0, 0.05) is 24.5 Å². The lowest BCUT2D eigenvalue weighted by Crippen LogP contribution is -2.30. The lowest BCUT2D eigenvalue weighted by Gasteiger charge is -2.13. The van der Waals surface area contributed by atoms with Gasteiger partial charge in [0.15, 0.2) is 0 Å². The molecule has 3 aromatic rings. The van der Waals surface area contributed by atoms with Crippen LogP contribution in [0.2, 0.25) is 0 Å². The Labute approximate surface area is 144 Å². The van der Waals surface area contributed by atoms with E-state index in [4.69, 9.17) is 0 Å². The third-order valence-corrected chi connectivity index (χ3v) is 3.83. The number of aromatic nitrogens is 2. The van der Waals surface area contributed by atoms with Crippen molar-refractivity contribution in [3.8, 4) is 5.69 Å². The summed E-state index contributed by atoms with van der Waals surface area (Å²) in [4.78, 5) is 12.0. The molecule has 25 heavy (non-hydrogen) atoms. The van der Waals surface area contributed by atoms with Crippen LogP contribution in [0.1, 0.15) is 17.2 Å². The lowest BCUT2D eigenvalue weighted by atomic mass is 10.1. The summed E-state index contributed by atoms with van der Waals surface area (Å²) in [6, 6.07) is 15.3. The standard InChI is InChI=1S/C19H18FN3O2/c20-17-5-2-1-4-16(17)18(24)13-21-19(25)12-14-6-8-15(9-7-14)23-11-3-10-22-23/h1-11,18,24H,12-13H2,(H,21,25). The molecule has 0 aliphatic carbocycles. The van der Waals surface area contributed by atoms with E-state index in [0.29, 0.717) is 0 Å². The molecular weight excluding hydrogens is 321 g/mol. The molecule has 1 atom stereocenters. The highest BCUT2D eigenvalue weighted by molar-refractivity contribution is 5.78. The number of hydrogen-bond acceptors (Lipinski definition) is 3. The fraction of sp³-hybridized carbons (Fsp3) is 0.158. The summed E-state index contributed by atoms with van der Waals surface area (Å²) in [7, 11) is 0. The maximum atomic E-state index is 13.6. The van der Waals surface area contributed by atoms with E-state index < -0.39 is 11.9 Å². The number of hydrogen-bond donors (Lipinski definition) is 2. The minimum atomic E-state index is -1.08. The Kier molecular flexibility index (Phi) is 5.20. The fourth-order valence-corrected chi connectivity index (χ4v) is 2.50. The number of carbonyl (C=O) groups excluding carboxylic acids is 1. The van der Waals surface area contributed by atoms with Gasteiger partial charge in [0.05, 0.1) is 18.2 Å². The smallest absolute Gasteiger partial charge is 0.224 e. The van der Waals surface area contributed by atoms with E-state index in [2.05, 4.69) is 10.4 Å². The molecule has 0 spiro atoms. The van der Waals surface area contributed by atoms with Gasteiger partial charge in [-0.3, -0.25) is 4.79 Å². The van der Waals surface area contributed by atoms with Crippen LogP contribution in [-0.2, 0) is 11.2 Å². The van der Waals surface area contributed by atoms with E-state index in [1.807, 2.05) is 36.5 Å². The first-order valence-electron chi connectivity index (χ1n) is 7.91. The predicted molar refractivity (Wildman–Crippen MR) is 91.6 cm³/mol. The zero-order chi connectivity index (χ0) is 17.6. The van der Waals surface area contributed by atoms with Crippen LogP contribution in [0.25, 0.3) is 5.69 Å². The molecular formula is C19H18FN3O2. The number of nitrogens with one attached hydrogen (secondary N) is 1. The number of nitrogens with zero attached hydrogens (tertiary/aromatic N) is 2. The molecule has 128 valence electrons. The largest absolute Gasteiger partial charge is 0.386 e. The highest BCUT2D eigenvalue weighted by atomic mass is 19.1. The number of amides is 1. The molecule has 1 aromatic heterocycles. The third-order valence-electron chi connectivity index (χ3n) is 3.83. The average molecular weight is 339 g/mol. The highest BCUT2D eigenvalue weighted by Gasteiger charge is 2.13. The Hall–Kier alpha value is -2.99. The van der Waals surface area contributed by atoms with Gasteiger partial charge in [-0.2, -0.15) is 5.10 Å². The van der Waals surface area contributed by atoms with E-state index >= 15 is 0 Å². The quantitative estimate of drug-likeness (QED) is 0.725. The molecule has 1 unspecified atom stereocenters. The van der Waals surface area contributed by atoms with Crippen LogP contribution in [0.5, 0.6) is 0 Å². The number of carbonyl (C=O) groups is 1. The molecule has 0 saturated heterocycles. The Morgan fingerprint density at radius 3 is 2.60 bits per heavy atom. The maximum absolute atomic E-state index is 13.6. The molecule has 0 saturated carbocycles. The molecule has 0 aliphatic heterocycles. The van der Waals surface area contributed by atoms with Crippen molar-refractivity contribution in [1.29, 1.82) is 0 Å². The van der Waals surface area contributed by atoms with Gasteiger partial charge >= 0.3 is 0 Å². The summed E-state index contributed by atoms with van der Waals surface area (Å²) < 4.78 is 15.3. The second-order valence-corrected chi connectivity index (χ2v) is 5.64. The van der Waals surface area contributed by atoms with Crippen LogP contribution in [0, 0.1) is 5.82 Å². The van der Waals surface area contributed by atoms with Crippen LogP contribution < -0.4 is 5.32 Å². The van der Waals surface area contributed by atoms with Crippen molar-refractivity contribution in [2.24, 2.45) is 0 Å². The highest BCUT2D eigenvalue weighted by Crippen LogP contribution is 2.15. The molecule has 1 amide bonds. The zero-order valence-electron chi connectivity index (χ0n) is 13.5. The minimum Gasteiger partial charge on any atom is -0.386 e. The number of aliphatic hydroxyl groups is 1. The van der Waals surface area contributed by atoms with Crippen LogP contribution in [0.3, 0.4) is 0 Å². The van der Waals surface area contributed by atoms with Gasteiger partial charge in [-0.1, -0.05) is 30.3 Å². The third kappa shape index (κ3) is 4.30. The second kappa shape index (κ2) is 7.72. The summed E-state index contributed by atoms with van der Waals surface area (Å²) in [6.45, 7) is -0.0366. The summed E-state index contributed by atoms with van der Waals surface area (Å²) >= 11 is 0. The molecule has 5 nitrogen and oxygen atoms in total. The average Bonchev–Trinajstić information content (AvgIpc) is 3.15. The van der Waals surface area contributed by atoms with Gasteiger partial charge in [-0.15, -0.1) is 0 Å². The van der Waals surface area contributed by atoms with Crippen molar-refractivity contribution in [3.05, 3.63) is 83.9 Å². The number of rotatable bonds is 6. The molecule has 3 rings (SSSR count). The minimum absolute atomic E-state index is 0.0366. The maximum Gasteiger partial charge on any atom is 0.224 e. The summed E-state index contributed by atoms with van der Waals surface area (Å²) in [5.41, 5.74) is 1.92. The van der Waals surface area contributed by atoms with Gasteiger partial charge in [0.25, 0.3) is 0 Å². The molecule has 2 aromatic carbocycles. The van der Waals surface area contributed by atoms with Crippen LogP contribution in [-0.4, -0.2) is 27.3 Å². The van der Waals surface area contributed by atoms with Crippen molar-refractivity contribution in [2.45, 2.75) is 12.5 Å². The van der Waals surface area contributed by atoms with Gasteiger partial charge < -0.3 is 10.4 Å². The van der Waals surface area contributed by atoms with Crippen molar-refractivity contribution in [2.75, 3.05) is 6.54 Å². The van der Waals surface area contributed by atoms with E-state index in [0.717, 1.165) is 11.3 Å². The first-order valence-corrected chi connectivity index (χ1v) is 7.91. The molecule has 6 heteroatoms. The predicted octanol–water partition coefficient (Wildman–Crippen LogP) is 2.40. The number of benzene rings is 2. The van der Waals surface area contributed by atoms with Gasteiger partial charge in [-0.25, -0.2) is 9.07 Å². The van der Waals surface area contributed by atoms with Crippen LogP contribution in [0.4, 0.5) is 4.39 Å². The fourth-order valence-electron chi connectivity index (χ4n) is 2.50. The second-order valence-electron chi connectivity index (χ2n) is 5.64. The van der Waals surface area contributed by atoms with Crippen molar-refractivity contribution in [1.82, 2.24) is 15.1 Å². The number of halogens is 1. The molecule has 0 bridgehead atoms. The number of aliphatic hydroxyl groups excluding tert-OH is 1. The van der Waals surface area contributed by atoms with Gasteiger partial charge in [-0.05, 0) is 29.8 Å². The van der Waals surface area contributed by atoms with E-state index in [9.17, 15) is 14.3 Å². The van der Waals surface area contributed by atoms with Crippen molar-refractivity contribution < 1.29 is 14.3 Å². The van der Waals surface area contributed by atoms with Crippen LogP contribution >= 0.6 is 0 Å². The molecule has 0 aliphatic rings. The van der Waals surface area contributed by atoms with E-state index in [1.165, 1.54) is 12.1 Å².